The summed E-state index contributed by atoms with van der Waals surface area (Å²) in [6, 6.07) is -0.473. The van der Waals surface area contributed by atoms with Crippen LogP contribution < -0.4 is 10.6 Å². The number of amides is 3. The molecule has 1 unspecified atom stereocenters. The van der Waals surface area contributed by atoms with E-state index in [-0.39, 0.29) is 19.1 Å². The molecule has 17 heavy (non-hydrogen) atoms. The number of likely N-dealkylation sites (tertiary alicyclic amines) is 1. The van der Waals surface area contributed by atoms with E-state index in [2.05, 4.69) is 10.6 Å². The van der Waals surface area contributed by atoms with Gasteiger partial charge >= 0.3 is 6.03 Å². The number of rotatable bonds is 4. The molecule has 1 heterocycles. The summed E-state index contributed by atoms with van der Waals surface area (Å²) in [4.78, 5) is 24.4. The first-order valence-electron chi connectivity index (χ1n) is 6.00. The van der Waals surface area contributed by atoms with Crippen molar-refractivity contribution in [2.24, 2.45) is 5.92 Å². The van der Waals surface area contributed by atoms with Crippen LogP contribution in [0.25, 0.3) is 0 Å². The number of nitrogens with zero attached hydrogens (tertiary/aromatic N) is 1. The van der Waals surface area contributed by atoms with Crippen LogP contribution in [0, 0.1) is 5.92 Å². The molecule has 1 aliphatic heterocycles. The molecule has 0 saturated carbocycles. The molecule has 0 spiro atoms. The van der Waals surface area contributed by atoms with Gasteiger partial charge in [-0.2, -0.15) is 0 Å². The fraction of sp³-hybridized carbons (Fsp3) is 0.818. The summed E-state index contributed by atoms with van der Waals surface area (Å²) in [6.07, 6.45) is 2.93. The molecule has 0 aliphatic carbocycles. The van der Waals surface area contributed by atoms with Crippen molar-refractivity contribution in [1.82, 2.24) is 15.5 Å². The molecule has 1 aliphatic rings. The maximum Gasteiger partial charge on any atom is 0.321 e. The number of carbonyl (C=O) groups excluding carboxylic acids is 2. The molecule has 0 aromatic heterocycles. The van der Waals surface area contributed by atoms with Gasteiger partial charge in [0, 0.05) is 20.2 Å². The molecule has 1 saturated heterocycles. The Balaban J connectivity index is 2.30. The van der Waals surface area contributed by atoms with Crippen molar-refractivity contribution in [2.75, 3.05) is 33.3 Å². The van der Waals surface area contributed by atoms with Gasteiger partial charge in [-0.25, -0.2) is 4.79 Å². The standard InChI is InChI=1S/C11H21N3O3/c1-12-11(17)13-10(16)8-14-5-2-3-9(7-14)4-6-15/h9,15H,2-8H2,1H3,(H2,12,13,16,17). The average molecular weight is 243 g/mol. The molecule has 1 fully saturated rings. The third-order valence-electron chi connectivity index (χ3n) is 2.99. The molecule has 1 atom stereocenters. The zero-order valence-corrected chi connectivity index (χ0v) is 10.2. The number of aliphatic hydroxyl groups excluding tert-OH is 1. The zero-order chi connectivity index (χ0) is 12.7. The number of nitrogens with one attached hydrogen (secondary N) is 2. The van der Waals surface area contributed by atoms with Crippen LogP contribution in [0.2, 0.25) is 0 Å². The highest BCUT2D eigenvalue weighted by molar-refractivity contribution is 5.95. The number of hydrogen-bond donors (Lipinski definition) is 3. The zero-order valence-electron chi connectivity index (χ0n) is 10.2. The van der Waals surface area contributed by atoms with Crippen LogP contribution in [0.15, 0.2) is 0 Å². The molecule has 1 rings (SSSR count). The van der Waals surface area contributed by atoms with Crippen LogP contribution in [0.4, 0.5) is 4.79 Å². The molecule has 0 aromatic rings. The molecule has 0 aromatic carbocycles. The minimum atomic E-state index is -0.473. The number of carbonyl (C=O) groups is 2. The van der Waals surface area contributed by atoms with Crippen LogP contribution in [0.5, 0.6) is 0 Å². The third kappa shape index (κ3) is 5.14. The van der Waals surface area contributed by atoms with Crippen LogP contribution in [-0.4, -0.2) is 55.2 Å². The molecule has 6 nitrogen and oxygen atoms in total. The van der Waals surface area contributed by atoms with E-state index in [0.29, 0.717) is 5.92 Å². The summed E-state index contributed by atoms with van der Waals surface area (Å²) in [5.74, 6) is 0.176. The highest BCUT2D eigenvalue weighted by Crippen LogP contribution is 2.18. The lowest BCUT2D eigenvalue weighted by Crippen LogP contribution is -2.46. The van der Waals surface area contributed by atoms with Gasteiger partial charge in [-0.05, 0) is 31.7 Å². The van der Waals surface area contributed by atoms with E-state index in [4.69, 9.17) is 5.11 Å². The number of imide groups is 1. The highest BCUT2D eigenvalue weighted by Gasteiger charge is 2.21. The first-order chi connectivity index (χ1) is 8.15. The monoisotopic (exact) mass is 243 g/mol. The SMILES string of the molecule is CNC(=O)NC(=O)CN1CCCC(CCO)C1. The molecule has 98 valence electrons. The van der Waals surface area contributed by atoms with Gasteiger partial charge in [0.1, 0.15) is 0 Å². The van der Waals surface area contributed by atoms with Gasteiger partial charge in [-0.1, -0.05) is 0 Å². The average Bonchev–Trinajstić information content (AvgIpc) is 2.29. The van der Waals surface area contributed by atoms with Gasteiger partial charge < -0.3 is 10.4 Å². The largest absolute Gasteiger partial charge is 0.396 e. The Kier molecular flexibility index (Phi) is 5.93. The van der Waals surface area contributed by atoms with Crippen LogP contribution in [-0.2, 0) is 4.79 Å². The van der Waals surface area contributed by atoms with E-state index in [1.54, 1.807) is 0 Å². The molecule has 3 amide bonds. The maximum atomic E-state index is 11.5. The predicted molar refractivity (Wildman–Crippen MR) is 63.5 cm³/mol. The minimum absolute atomic E-state index is 0.197. The van der Waals surface area contributed by atoms with Gasteiger partial charge in [0.05, 0.1) is 6.54 Å². The molecule has 6 heteroatoms. The van der Waals surface area contributed by atoms with Crippen molar-refractivity contribution in [3.63, 3.8) is 0 Å². The Morgan fingerprint density at radius 1 is 1.47 bits per heavy atom. The molecule has 0 bridgehead atoms. The quantitative estimate of drug-likeness (QED) is 0.624. The molecular formula is C11H21N3O3. The van der Waals surface area contributed by atoms with Crippen LogP contribution >= 0.6 is 0 Å². The van der Waals surface area contributed by atoms with Gasteiger partial charge in [-0.15, -0.1) is 0 Å². The van der Waals surface area contributed by atoms with Crippen molar-refractivity contribution in [1.29, 1.82) is 0 Å². The summed E-state index contributed by atoms with van der Waals surface area (Å²) in [5, 5.41) is 13.5. The van der Waals surface area contributed by atoms with Crippen molar-refractivity contribution in [3.05, 3.63) is 0 Å². The summed E-state index contributed by atoms with van der Waals surface area (Å²) >= 11 is 0. The maximum absolute atomic E-state index is 11.5. The van der Waals surface area contributed by atoms with Crippen molar-refractivity contribution in [3.8, 4) is 0 Å². The Morgan fingerprint density at radius 3 is 2.88 bits per heavy atom. The number of urea groups is 1. The smallest absolute Gasteiger partial charge is 0.321 e. The minimum Gasteiger partial charge on any atom is -0.396 e. The van der Waals surface area contributed by atoms with Crippen LogP contribution in [0.1, 0.15) is 19.3 Å². The van der Waals surface area contributed by atoms with Crippen molar-refractivity contribution in [2.45, 2.75) is 19.3 Å². The van der Waals surface area contributed by atoms with Crippen molar-refractivity contribution >= 4 is 11.9 Å². The molecule has 0 radical (unpaired) electrons. The topological polar surface area (TPSA) is 81.7 Å². The van der Waals surface area contributed by atoms with E-state index in [1.807, 2.05) is 4.90 Å². The Hall–Kier alpha value is -1.14. The molecule has 3 N–H and O–H groups in total. The van der Waals surface area contributed by atoms with E-state index >= 15 is 0 Å². The third-order valence-corrected chi connectivity index (χ3v) is 2.99. The van der Waals surface area contributed by atoms with Crippen LogP contribution in [0.3, 0.4) is 0 Å². The highest BCUT2D eigenvalue weighted by atomic mass is 16.3. The van der Waals surface area contributed by atoms with Gasteiger partial charge in [0.15, 0.2) is 0 Å². The molecular weight excluding hydrogens is 222 g/mol. The summed E-state index contributed by atoms with van der Waals surface area (Å²) < 4.78 is 0. The van der Waals surface area contributed by atoms with Crippen molar-refractivity contribution < 1.29 is 14.7 Å². The summed E-state index contributed by atoms with van der Waals surface area (Å²) in [5.41, 5.74) is 0. The first-order valence-corrected chi connectivity index (χ1v) is 6.00. The van der Waals surface area contributed by atoms with E-state index < -0.39 is 6.03 Å². The number of aliphatic hydroxyl groups is 1. The lowest BCUT2D eigenvalue weighted by atomic mass is 9.95. The lowest BCUT2D eigenvalue weighted by molar-refractivity contribution is -0.121. The lowest BCUT2D eigenvalue weighted by Gasteiger charge is -2.31. The number of hydrogen-bond acceptors (Lipinski definition) is 4. The second-order valence-corrected chi connectivity index (χ2v) is 4.38. The predicted octanol–water partition coefficient (Wildman–Crippen LogP) is -0.464. The fourth-order valence-corrected chi connectivity index (χ4v) is 2.14. The second kappa shape index (κ2) is 7.24. The Labute approximate surface area is 101 Å². The Morgan fingerprint density at radius 2 is 2.24 bits per heavy atom. The second-order valence-electron chi connectivity index (χ2n) is 4.38. The normalized spacial score (nSPS) is 20.9. The van der Waals surface area contributed by atoms with Gasteiger partial charge in [0.25, 0.3) is 0 Å². The summed E-state index contributed by atoms with van der Waals surface area (Å²) in [7, 11) is 1.47. The van der Waals surface area contributed by atoms with E-state index in [9.17, 15) is 9.59 Å². The Bertz CT molecular complexity index is 269. The first kappa shape index (κ1) is 13.9. The van der Waals surface area contributed by atoms with Gasteiger partial charge in [-0.3, -0.25) is 15.0 Å². The number of piperidine rings is 1. The van der Waals surface area contributed by atoms with E-state index in [0.717, 1.165) is 32.4 Å². The summed E-state index contributed by atoms with van der Waals surface area (Å²) in [6.45, 7) is 2.14. The van der Waals surface area contributed by atoms with Gasteiger partial charge in [0.2, 0.25) is 5.91 Å². The fourth-order valence-electron chi connectivity index (χ4n) is 2.14. The van der Waals surface area contributed by atoms with E-state index in [1.165, 1.54) is 7.05 Å².